The molecule has 16 heavy (non-hydrogen) atoms. The first-order chi connectivity index (χ1) is 7.44. The van der Waals surface area contributed by atoms with Crippen LogP contribution in [0.15, 0.2) is 0 Å². The fourth-order valence-corrected chi connectivity index (χ4v) is 1.23. The van der Waals surface area contributed by atoms with Gasteiger partial charge in [0.15, 0.2) is 0 Å². The monoisotopic (exact) mass is 229 g/mol. The zero-order chi connectivity index (χ0) is 12.6. The van der Waals surface area contributed by atoms with E-state index in [9.17, 15) is 9.59 Å². The molecule has 0 aliphatic heterocycles. The van der Waals surface area contributed by atoms with Crippen molar-refractivity contribution in [2.75, 3.05) is 19.6 Å². The van der Waals surface area contributed by atoms with Crippen molar-refractivity contribution in [2.24, 2.45) is 0 Å². The highest BCUT2D eigenvalue weighted by Gasteiger charge is 2.25. The maximum Gasteiger partial charge on any atom is 0.240 e. The molecule has 0 atom stereocenters. The molecule has 5 heteroatoms. The van der Waals surface area contributed by atoms with E-state index in [0.29, 0.717) is 13.1 Å². The van der Waals surface area contributed by atoms with Crippen LogP contribution in [0.1, 0.15) is 34.1 Å². The molecule has 0 aromatic carbocycles. The topological polar surface area (TPSA) is 70.2 Å². The Balaban J connectivity index is 3.92. The first kappa shape index (κ1) is 14.9. The summed E-state index contributed by atoms with van der Waals surface area (Å²) in [5.74, 6) is -0.316. The molecule has 3 N–H and O–H groups in total. The normalized spacial score (nSPS) is 11.0. The van der Waals surface area contributed by atoms with Gasteiger partial charge in [-0.05, 0) is 26.8 Å². The van der Waals surface area contributed by atoms with E-state index in [1.165, 1.54) is 0 Å². The van der Waals surface area contributed by atoms with E-state index < -0.39 is 5.54 Å². The third-order valence-corrected chi connectivity index (χ3v) is 2.17. The molecule has 0 aliphatic carbocycles. The first-order valence-corrected chi connectivity index (χ1v) is 5.74. The molecule has 0 aliphatic rings. The van der Waals surface area contributed by atoms with Gasteiger partial charge in [-0.25, -0.2) is 0 Å². The number of carbonyl (C=O) groups excluding carboxylic acids is 2. The predicted octanol–water partition coefficient (Wildman–Crippen LogP) is 0.0169. The Morgan fingerprint density at radius 1 is 1.12 bits per heavy atom. The van der Waals surface area contributed by atoms with Crippen molar-refractivity contribution in [1.29, 1.82) is 0 Å². The Labute approximate surface area is 97.4 Å². The summed E-state index contributed by atoms with van der Waals surface area (Å²) in [5, 5.41) is 8.34. The first-order valence-electron chi connectivity index (χ1n) is 5.74. The molecule has 0 spiro atoms. The van der Waals surface area contributed by atoms with Crippen molar-refractivity contribution in [3.8, 4) is 0 Å². The molecule has 0 aromatic heterocycles. The number of rotatable bonds is 7. The summed E-state index contributed by atoms with van der Waals surface area (Å²) in [6.07, 6.45) is 0.891. The number of hydrogen-bond acceptors (Lipinski definition) is 3. The maximum atomic E-state index is 11.7. The van der Waals surface area contributed by atoms with E-state index in [2.05, 4.69) is 16.0 Å². The largest absolute Gasteiger partial charge is 0.355 e. The number of hydrogen-bond donors (Lipinski definition) is 3. The Hall–Kier alpha value is -1.10. The summed E-state index contributed by atoms with van der Waals surface area (Å²) in [7, 11) is 0. The fourth-order valence-electron chi connectivity index (χ4n) is 1.23. The van der Waals surface area contributed by atoms with Gasteiger partial charge < -0.3 is 16.0 Å². The van der Waals surface area contributed by atoms with Crippen molar-refractivity contribution in [1.82, 2.24) is 16.0 Å². The van der Waals surface area contributed by atoms with Gasteiger partial charge >= 0.3 is 0 Å². The van der Waals surface area contributed by atoms with Gasteiger partial charge in [0.25, 0.3) is 0 Å². The van der Waals surface area contributed by atoms with E-state index >= 15 is 0 Å². The van der Waals surface area contributed by atoms with Gasteiger partial charge in [0.05, 0.1) is 12.1 Å². The lowest BCUT2D eigenvalue weighted by Crippen LogP contribution is -2.54. The van der Waals surface area contributed by atoms with E-state index in [0.717, 1.165) is 6.42 Å². The standard InChI is InChI=1S/C11H23N3O2/c1-5-7-12-9(15)8-13-10(16)11(3,4)14-6-2/h14H,5-8H2,1-4H3,(H,12,15)(H,13,16). The molecule has 0 saturated heterocycles. The van der Waals surface area contributed by atoms with E-state index in [1.807, 2.05) is 13.8 Å². The van der Waals surface area contributed by atoms with Crippen molar-refractivity contribution in [2.45, 2.75) is 39.7 Å². The van der Waals surface area contributed by atoms with Crippen LogP contribution in [-0.2, 0) is 9.59 Å². The van der Waals surface area contributed by atoms with Gasteiger partial charge in [0.1, 0.15) is 0 Å². The SMILES string of the molecule is CCCNC(=O)CNC(=O)C(C)(C)NCC. The van der Waals surface area contributed by atoms with Crippen molar-refractivity contribution >= 4 is 11.8 Å². The van der Waals surface area contributed by atoms with Crippen LogP contribution in [0, 0.1) is 0 Å². The molecule has 0 saturated carbocycles. The molecule has 0 heterocycles. The minimum Gasteiger partial charge on any atom is -0.355 e. The minimum atomic E-state index is -0.639. The van der Waals surface area contributed by atoms with Gasteiger partial charge in [-0.15, -0.1) is 0 Å². The molecule has 0 aromatic rings. The van der Waals surface area contributed by atoms with E-state index in [-0.39, 0.29) is 18.4 Å². The highest BCUT2D eigenvalue weighted by Crippen LogP contribution is 2.00. The zero-order valence-electron chi connectivity index (χ0n) is 10.6. The lowest BCUT2D eigenvalue weighted by atomic mass is 10.0. The summed E-state index contributed by atoms with van der Waals surface area (Å²) in [5.41, 5.74) is -0.639. The lowest BCUT2D eigenvalue weighted by Gasteiger charge is -2.24. The van der Waals surface area contributed by atoms with Crippen LogP contribution < -0.4 is 16.0 Å². The quantitative estimate of drug-likeness (QED) is 0.576. The molecule has 0 bridgehead atoms. The van der Waals surface area contributed by atoms with Gasteiger partial charge in [0.2, 0.25) is 11.8 Å². The van der Waals surface area contributed by atoms with Crippen LogP contribution in [0.4, 0.5) is 0 Å². The molecule has 94 valence electrons. The number of amides is 2. The average molecular weight is 229 g/mol. The smallest absolute Gasteiger partial charge is 0.240 e. The van der Waals surface area contributed by atoms with Gasteiger partial charge in [-0.3, -0.25) is 9.59 Å². The second-order valence-electron chi connectivity index (χ2n) is 4.19. The third-order valence-electron chi connectivity index (χ3n) is 2.17. The summed E-state index contributed by atoms with van der Waals surface area (Å²) in [4.78, 5) is 22.9. The summed E-state index contributed by atoms with van der Waals surface area (Å²) in [6.45, 7) is 8.88. The summed E-state index contributed by atoms with van der Waals surface area (Å²) in [6, 6.07) is 0. The Morgan fingerprint density at radius 3 is 2.25 bits per heavy atom. The Kier molecular flexibility index (Phi) is 6.72. The van der Waals surface area contributed by atoms with Crippen molar-refractivity contribution in [3.05, 3.63) is 0 Å². The molecule has 5 nitrogen and oxygen atoms in total. The minimum absolute atomic E-state index is 0.0354. The van der Waals surface area contributed by atoms with Crippen LogP contribution in [0.25, 0.3) is 0 Å². The molecule has 0 fully saturated rings. The van der Waals surface area contributed by atoms with Crippen LogP contribution in [0.2, 0.25) is 0 Å². The third kappa shape index (κ3) is 5.70. The zero-order valence-corrected chi connectivity index (χ0v) is 10.6. The number of carbonyl (C=O) groups is 2. The number of nitrogens with one attached hydrogen (secondary N) is 3. The average Bonchev–Trinajstić information content (AvgIpc) is 2.22. The second-order valence-corrected chi connectivity index (χ2v) is 4.19. The lowest BCUT2D eigenvalue weighted by molar-refractivity contribution is -0.129. The molecule has 0 rings (SSSR count). The van der Waals surface area contributed by atoms with Crippen LogP contribution in [0.3, 0.4) is 0 Å². The molecule has 0 unspecified atom stereocenters. The highest BCUT2D eigenvalue weighted by molar-refractivity contribution is 5.89. The van der Waals surface area contributed by atoms with Gasteiger partial charge in [0, 0.05) is 6.54 Å². The van der Waals surface area contributed by atoms with Gasteiger partial charge in [-0.1, -0.05) is 13.8 Å². The predicted molar refractivity (Wildman–Crippen MR) is 64.1 cm³/mol. The van der Waals surface area contributed by atoms with E-state index in [1.54, 1.807) is 13.8 Å². The van der Waals surface area contributed by atoms with Crippen LogP contribution >= 0.6 is 0 Å². The Bertz CT molecular complexity index is 239. The maximum absolute atomic E-state index is 11.7. The second kappa shape index (κ2) is 7.22. The van der Waals surface area contributed by atoms with Crippen molar-refractivity contribution < 1.29 is 9.59 Å². The van der Waals surface area contributed by atoms with E-state index in [4.69, 9.17) is 0 Å². The number of likely N-dealkylation sites (N-methyl/N-ethyl adjacent to an activating group) is 1. The molecule has 2 amide bonds. The van der Waals surface area contributed by atoms with Crippen molar-refractivity contribution in [3.63, 3.8) is 0 Å². The van der Waals surface area contributed by atoms with Crippen LogP contribution in [0.5, 0.6) is 0 Å². The van der Waals surface area contributed by atoms with Crippen LogP contribution in [-0.4, -0.2) is 37.0 Å². The highest BCUT2D eigenvalue weighted by atomic mass is 16.2. The fraction of sp³-hybridized carbons (Fsp3) is 0.818. The summed E-state index contributed by atoms with van der Waals surface area (Å²) >= 11 is 0. The van der Waals surface area contributed by atoms with Gasteiger partial charge in [-0.2, -0.15) is 0 Å². The molecule has 0 radical (unpaired) electrons. The molecular formula is C11H23N3O2. The molecular weight excluding hydrogens is 206 g/mol. The Morgan fingerprint density at radius 2 is 1.75 bits per heavy atom. The summed E-state index contributed by atoms with van der Waals surface area (Å²) < 4.78 is 0.